The average Bonchev–Trinajstić information content (AvgIpc) is 4.14. The smallest absolute Gasteiger partial charge is 0.135 e. The Labute approximate surface area is 419 Å². The molecule has 0 radical (unpaired) electrons. The molecule has 0 unspecified atom stereocenters. The average molecular weight is 942 g/mol. The number of benzene rings is 11. The van der Waals surface area contributed by atoms with Crippen LogP contribution in [0.2, 0.25) is 0 Å². The van der Waals surface area contributed by atoms with Gasteiger partial charge in [-0.3, -0.25) is 0 Å². The number of hydrogen-bond donors (Lipinski definition) is 0. The zero-order valence-corrected chi connectivity index (χ0v) is 39.7. The number of furan rings is 2. The number of thiophene rings is 1. The molecule has 14 aromatic rings. The molecule has 14 rings (SSSR count). The highest BCUT2D eigenvalue weighted by Gasteiger charge is 2.23. The van der Waals surface area contributed by atoms with Crippen molar-refractivity contribution in [1.82, 2.24) is 0 Å². The van der Waals surface area contributed by atoms with Crippen molar-refractivity contribution in [2.24, 2.45) is 0 Å². The Kier molecular flexibility index (Phi) is 9.96. The van der Waals surface area contributed by atoms with E-state index in [1.54, 1.807) is 0 Å². The van der Waals surface area contributed by atoms with Gasteiger partial charge >= 0.3 is 0 Å². The van der Waals surface area contributed by atoms with Gasteiger partial charge in [0, 0.05) is 87.2 Å². The van der Waals surface area contributed by atoms with Gasteiger partial charge in [-0.15, -0.1) is 11.3 Å². The second-order valence-corrected chi connectivity index (χ2v) is 19.2. The molecule has 0 bridgehead atoms. The van der Waals surface area contributed by atoms with Gasteiger partial charge in [0.2, 0.25) is 0 Å². The Morgan fingerprint density at radius 3 is 1.29 bits per heavy atom. The monoisotopic (exact) mass is 941 g/mol. The fourth-order valence-electron chi connectivity index (χ4n) is 10.5. The van der Waals surface area contributed by atoms with Crippen LogP contribution in [-0.2, 0) is 0 Å². The van der Waals surface area contributed by atoms with E-state index >= 15 is 0 Å². The lowest BCUT2D eigenvalue weighted by atomic mass is 10.0. The zero-order chi connectivity index (χ0) is 47.5. The van der Waals surface area contributed by atoms with Crippen LogP contribution in [0.4, 0.5) is 51.2 Å². The van der Waals surface area contributed by atoms with E-state index in [-0.39, 0.29) is 0 Å². The minimum absolute atomic E-state index is 0.856. The van der Waals surface area contributed by atoms with Gasteiger partial charge in [-0.2, -0.15) is 0 Å². The lowest BCUT2D eigenvalue weighted by Crippen LogP contribution is -2.13. The highest BCUT2D eigenvalue weighted by atomic mass is 32.1. The predicted molar refractivity (Wildman–Crippen MR) is 303 cm³/mol. The molecule has 6 heteroatoms. The summed E-state index contributed by atoms with van der Waals surface area (Å²) in [5.41, 5.74) is 15.3. The molecule has 0 saturated heterocycles. The normalized spacial score (nSPS) is 11.6. The first-order chi connectivity index (χ1) is 35.7. The summed E-state index contributed by atoms with van der Waals surface area (Å²) in [6.45, 7) is 0. The fraction of sp³-hybridized carbons (Fsp3) is 0. The van der Waals surface area contributed by atoms with E-state index in [1.165, 1.54) is 25.7 Å². The quantitative estimate of drug-likeness (QED) is 0.137. The lowest BCUT2D eigenvalue weighted by molar-refractivity contribution is 0.668. The zero-order valence-electron chi connectivity index (χ0n) is 38.9. The molecule has 0 atom stereocenters. The Morgan fingerprint density at radius 2 is 0.681 bits per heavy atom. The number of para-hydroxylation sites is 4. The van der Waals surface area contributed by atoms with Crippen molar-refractivity contribution in [2.45, 2.75) is 0 Å². The van der Waals surface area contributed by atoms with Crippen LogP contribution < -0.4 is 14.7 Å². The van der Waals surface area contributed by atoms with Crippen molar-refractivity contribution < 1.29 is 8.83 Å². The molecule has 0 amide bonds. The molecular weight excluding hydrogens is 899 g/mol. The molecule has 0 spiro atoms. The molecule has 72 heavy (non-hydrogen) atoms. The number of hydrogen-bond acceptors (Lipinski definition) is 6. The van der Waals surface area contributed by atoms with Crippen molar-refractivity contribution in [2.75, 3.05) is 14.7 Å². The van der Waals surface area contributed by atoms with E-state index in [1.807, 2.05) is 35.6 Å². The van der Waals surface area contributed by atoms with Crippen LogP contribution in [0, 0.1) is 0 Å². The van der Waals surface area contributed by atoms with Crippen LogP contribution in [0.15, 0.2) is 270 Å². The summed E-state index contributed by atoms with van der Waals surface area (Å²) in [5.74, 6) is 0. The number of rotatable bonds is 10. The molecule has 0 N–H and O–H groups in total. The topological polar surface area (TPSA) is 36.0 Å². The minimum Gasteiger partial charge on any atom is -0.456 e. The Morgan fingerprint density at radius 1 is 0.250 bits per heavy atom. The summed E-state index contributed by atoms with van der Waals surface area (Å²) in [4.78, 5) is 7.12. The van der Waals surface area contributed by atoms with Crippen molar-refractivity contribution in [3.8, 4) is 11.1 Å². The van der Waals surface area contributed by atoms with E-state index in [4.69, 9.17) is 8.83 Å². The van der Waals surface area contributed by atoms with Crippen LogP contribution in [0.1, 0.15) is 0 Å². The molecular formula is C66H43N3O2S. The number of anilines is 9. The molecule has 0 aliphatic rings. The van der Waals surface area contributed by atoms with Crippen molar-refractivity contribution in [3.05, 3.63) is 261 Å². The summed E-state index contributed by atoms with van der Waals surface area (Å²) < 4.78 is 15.2. The van der Waals surface area contributed by atoms with Gasteiger partial charge in [0.05, 0.1) is 5.69 Å². The maximum absolute atomic E-state index is 6.39. The highest BCUT2D eigenvalue weighted by Crippen LogP contribution is 2.48. The van der Waals surface area contributed by atoms with E-state index < -0.39 is 0 Å². The summed E-state index contributed by atoms with van der Waals surface area (Å²) >= 11 is 1.83. The van der Waals surface area contributed by atoms with Crippen LogP contribution in [0.5, 0.6) is 0 Å². The van der Waals surface area contributed by atoms with Gasteiger partial charge in [-0.05, 0) is 139 Å². The Balaban J connectivity index is 0.951. The first-order valence-electron chi connectivity index (χ1n) is 24.2. The number of fused-ring (bicyclic) bond motifs is 9. The third-order valence-corrected chi connectivity index (χ3v) is 14.9. The van der Waals surface area contributed by atoms with Crippen molar-refractivity contribution in [3.63, 3.8) is 0 Å². The van der Waals surface area contributed by atoms with E-state index in [0.717, 1.165) is 101 Å². The van der Waals surface area contributed by atoms with Gasteiger partial charge in [0.1, 0.15) is 22.3 Å². The largest absolute Gasteiger partial charge is 0.456 e. The molecule has 3 aromatic heterocycles. The fourth-order valence-corrected chi connectivity index (χ4v) is 11.7. The van der Waals surface area contributed by atoms with Crippen molar-refractivity contribution >= 4 is 127 Å². The van der Waals surface area contributed by atoms with Gasteiger partial charge < -0.3 is 23.5 Å². The molecule has 11 aromatic carbocycles. The van der Waals surface area contributed by atoms with Gasteiger partial charge in [0.15, 0.2) is 0 Å². The molecule has 0 saturated carbocycles. The summed E-state index contributed by atoms with van der Waals surface area (Å²) in [6.07, 6.45) is 0. The summed E-state index contributed by atoms with van der Waals surface area (Å²) in [5, 5.41) is 6.76. The lowest BCUT2D eigenvalue weighted by Gasteiger charge is -2.29. The Bertz CT molecular complexity index is 4260. The second-order valence-electron chi connectivity index (χ2n) is 18.1. The van der Waals surface area contributed by atoms with Gasteiger partial charge in [-0.1, -0.05) is 133 Å². The maximum atomic E-state index is 6.39. The van der Waals surface area contributed by atoms with Crippen LogP contribution in [0.25, 0.3) is 75.2 Å². The first-order valence-corrected chi connectivity index (χ1v) is 25.0. The SMILES string of the molecule is c1ccc(-c2ccc(N(c3cccc(N(c4ccc5c(c4)sc4cccc(N(c6ccccc6)c6ccccc6)c45)c4ccc5oc6ccccc6c5c4)c3)c3ccc4oc5ccccc5c4c3)cc2)cc1. The number of nitrogens with zero attached hydrogens (tertiary/aromatic N) is 3. The predicted octanol–water partition coefficient (Wildman–Crippen LogP) is 19.9. The molecule has 3 heterocycles. The maximum Gasteiger partial charge on any atom is 0.135 e. The van der Waals surface area contributed by atoms with Gasteiger partial charge in [0.25, 0.3) is 0 Å². The minimum atomic E-state index is 0.856. The van der Waals surface area contributed by atoms with Crippen LogP contribution in [-0.4, -0.2) is 0 Å². The second kappa shape index (κ2) is 17.2. The summed E-state index contributed by atoms with van der Waals surface area (Å²) in [7, 11) is 0. The highest BCUT2D eigenvalue weighted by molar-refractivity contribution is 7.26. The van der Waals surface area contributed by atoms with Crippen molar-refractivity contribution in [1.29, 1.82) is 0 Å². The standard InChI is InChI=1S/C66H43N3O2S/c1-4-16-44(17-5-1)45-30-32-48(33-31-45)67(51-35-38-62-57(41-51)54-24-10-12-27-60(54)70-62)49-22-14-23-50(40-49)68(52-36-39-63-58(42-52)55-25-11-13-28-61(55)71-63)53-34-37-56-65(43-53)72-64-29-15-26-59(66(56)64)69(46-18-6-2-7-19-46)47-20-8-3-9-21-47/h1-43H. The molecule has 340 valence electrons. The third-order valence-electron chi connectivity index (χ3n) is 13.8. The molecule has 0 aliphatic heterocycles. The molecule has 5 nitrogen and oxygen atoms in total. The summed E-state index contributed by atoms with van der Waals surface area (Å²) in [6, 6.07) is 93.0. The third kappa shape index (κ3) is 7.15. The molecule has 0 fully saturated rings. The van der Waals surface area contributed by atoms with E-state index in [0.29, 0.717) is 0 Å². The van der Waals surface area contributed by atoms with Crippen LogP contribution >= 0.6 is 11.3 Å². The Hall–Kier alpha value is -9.36. The van der Waals surface area contributed by atoms with Gasteiger partial charge in [-0.25, -0.2) is 0 Å². The van der Waals surface area contributed by atoms with E-state index in [2.05, 4.69) is 251 Å². The van der Waals surface area contributed by atoms with E-state index in [9.17, 15) is 0 Å². The van der Waals surface area contributed by atoms with Crippen LogP contribution in [0.3, 0.4) is 0 Å². The first kappa shape index (κ1) is 41.6. The molecule has 0 aliphatic carbocycles.